The largest absolute Gasteiger partial charge is 0.207 e. The Balaban J connectivity index is 2.43. The van der Waals surface area contributed by atoms with Crippen LogP contribution in [-0.2, 0) is 0 Å². The van der Waals surface area contributed by atoms with Crippen molar-refractivity contribution in [3.05, 3.63) is 36.4 Å². The first-order valence-corrected chi connectivity index (χ1v) is 3.27. The quantitative estimate of drug-likeness (QED) is 0.618. The van der Waals surface area contributed by atoms with E-state index in [1.165, 1.54) is 29.3 Å². The average molecular weight is 163 g/mol. The highest BCUT2D eigenvalue weighted by Crippen LogP contribution is 2.03. The highest BCUT2D eigenvalue weighted by atomic mass is 19.1. The maximum Gasteiger partial charge on any atom is 0.162 e. The minimum atomic E-state index is -0.334. The lowest BCUT2D eigenvalue weighted by Crippen LogP contribution is -1.98. The number of hydrogen-bond donors (Lipinski definition) is 0. The van der Waals surface area contributed by atoms with Crippen molar-refractivity contribution in [1.82, 2.24) is 20.2 Å². The highest BCUT2D eigenvalue weighted by molar-refractivity contribution is 5.26. The van der Waals surface area contributed by atoms with Gasteiger partial charge in [-0.15, -0.1) is 15.0 Å². The minimum Gasteiger partial charge on any atom is -0.207 e. The van der Waals surface area contributed by atoms with Gasteiger partial charge in [0, 0.05) is 6.07 Å². The molecule has 1 aromatic carbocycles. The van der Waals surface area contributed by atoms with Crippen LogP contribution < -0.4 is 0 Å². The van der Waals surface area contributed by atoms with Gasteiger partial charge in [-0.05, 0) is 23.4 Å². The molecule has 0 amide bonds. The molecular formula is C7H4FN4. The predicted octanol–water partition coefficient (Wildman–Crippen LogP) is 0.602. The zero-order chi connectivity index (χ0) is 8.39. The molecule has 5 heteroatoms. The third-order valence-corrected chi connectivity index (χ3v) is 1.32. The van der Waals surface area contributed by atoms with Crippen LogP contribution in [0.25, 0.3) is 5.69 Å². The molecular weight excluding hydrogens is 159 g/mol. The Bertz CT molecular complexity index is 353. The second-order valence-corrected chi connectivity index (χ2v) is 2.12. The molecule has 0 saturated heterocycles. The van der Waals surface area contributed by atoms with Crippen molar-refractivity contribution in [2.75, 3.05) is 0 Å². The number of hydrogen-bond acceptors (Lipinski definition) is 3. The van der Waals surface area contributed by atoms with Gasteiger partial charge in [0.1, 0.15) is 5.82 Å². The normalized spacial score (nSPS) is 10.1. The molecule has 0 saturated carbocycles. The molecule has 0 aliphatic rings. The third kappa shape index (κ3) is 1.16. The van der Waals surface area contributed by atoms with Crippen LogP contribution in [-0.4, -0.2) is 20.2 Å². The van der Waals surface area contributed by atoms with E-state index in [1.54, 1.807) is 0 Å². The molecule has 0 N–H and O–H groups in total. The third-order valence-electron chi connectivity index (χ3n) is 1.32. The lowest BCUT2D eigenvalue weighted by Gasteiger charge is -1.94. The van der Waals surface area contributed by atoms with Crippen LogP contribution >= 0.6 is 0 Å². The van der Waals surface area contributed by atoms with Gasteiger partial charge in [0.05, 0.1) is 5.69 Å². The van der Waals surface area contributed by atoms with Crippen LogP contribution in [0.5, 0.6) is 0 Å². The molecule has 1 aromatic heterocycles. The summed E-state index contributed by atoms with van der Waals surface area (Å²) in [6.07, 6.45) is 1.30. The number of tetrazole rings is 1. The first kappa shape index (κ1) is 6.90. The first-order valence-electron chi connectivity index (χ1n) is 3.27. The minimum absolute atomic E-state index is 0.334. The van der Waals surface area contributed by atoms with Gasteiger partial charge < -0.3 is 0 Å². The Morgan fingerprint density at radius 1 is 1.42 bits per heavy atom. The molecule has 2 aromatic rings. The molecule has 0 unspecified atom stereocenters. The lowest BCUT2D eigenvalue weighted by atomic mass is 10.3. The van der Waals surface area contributed by atoms with Gasteiger partial charge in [0.25, 0.3) is 0 Å². The summed E-state index contributed by atoms with van der Waals surface area (Å²) in [7, 11) is 0. The van der Waals surface area contributed by atoms with Gasteiger partial charge in [-0.1, -0.05) is 0 Å². The molecule has 0 aliphatic heterocycles. The van der Waals surface area contributed by atoms with E-state index in [1.807, 2.05) is 0 Å². The Morgan fingerprint density at radius 3 is 2.92 bits per heavy atom. The molecule has 0 aliphatic carbocycles. The van der Waals surface area contributed by atoms with Crippen LogP contribution in [0.2, 0.25) is 0 Å². The summed E-state index contributed by atoms with van der Waals surface area (Å²) in [5.74, 6) is -0.334. The van der Waals surface area contributed by atoms with Gasteiger partial charge in [0.15, 0.2) is 6.33 Å². The molecule has 59 valence electrons. The van der Waals surface area contributed by atoms with E-state index in [9.17, 15) is 4.39 Å². The molecule has 2 rings (SSSR count). The SMILES string of the molecule is Fc1c[c]c(-n2ncnn2)cc1. The summed E-state index contributed by atoms with van der Waals surface area (Å²) >= 11 is 0. The van der Waals surface area contributed by atoms with E-state index in [-0.39, 0.29) is 5.82 Å². The van der Waals surface area contributed by atoms with Crippen LogP contribution in [0.3, 0.4) is 0 Å². The van der Waals surface area contributed by atoms with Crippen LogP contribution in [0.4, 0.5) is 4.39 Å². The van der Waals surface area contributed by atoms with Gasteiger partial charge in [-0.3, -0.25) is 0 Å². The highest BCUT2D eigenvalue weighted by Gasteiger charge is 1.97. The van der Waals surface area contributed by atoms with E-state index in [0.717, 1.165) is 0 Å². The van der Waals surface area contributed by atoms with E-state index in [2.05, 4.69) is 21.5 Å². The summed E-state index contributed by atoms with van der Waals surface area (Å²) in [5.41, 5.74) is 0.564. The Hall–Kier alpha value is -1.78. The molecule has 1 heterocycles. The Labute approximate surface area is 67.6 Å². The monoisotopic (exact) mass is 163 g/mol. The zero-order valence-electron chi connectivity index (χ0n) is 5.98. The summed E-state index contributed by atoms with van der Waals surface area (Å²) in [5, 5.41) is 10.9. The summed E-state index contributed by atoms with van der Waals surface area (Å²) in [6, 6.07) is 6.72. The van der Waals surface area contributed by atoms with Gasteiger partial charge in [-0.25, -0.2) is 4.39 Å². The number of nitrogens with zero attached hydrogens (tertiary/aromatic N) is 4. The van der Waals surface area contributed by atoms with Crippen LogP contribution in [0.1, 0.15) is 0 Å². The topological polar surface area (TPSA) is 43.6 Å². The maximum atomic E-state index is 12.4. The standard InChI is InChI=1S/C7H4FN4/c8-6-1-3-7(4-2-6)12-10-5-9-11-12/h1-3,5H. The molecule has 4 nitrogen and oxygen atoms in total. The molecule has 0 spiro atoms. The van der Waals surface area contributed by atoms with Gasteiger partial charge in [0.2, 0.25) is 0 Å². The van der Waals surface area contributed by atoms with Crippen LogP contribution in [0, 0.1) is 11.9 Å². The number of halogens is 1. The second kappa shape index (κ2) is 2.69. The fourth-order valence-electron chi connectivity index (χ4n) is 0.800. The number of aromatic nitrogens is 4. The summed E-state index contributed by atoms with van der Waals surface area (Å²) in [4.78, 5) is 1.26. The second-order valence-electron chi connectivity index (χ2n) is 2.12. The fraction of sp³-hybridized carbons (Fsp3) is 0. The van der Waals surface area contributed by atoms with Gasteiger partial charge >= 0.3 is 0 Å². The van der Waals surface area contributed by atoms with Crippen molar-refractivity contribution in [2.45, 2.75) is 0 Å². The van der Waals surface area contributed by atoms with E-state index in [0.29, 0.717) is 5.69 Å². The maximum absolute atomic E-state index is 12.4. The molecule has 0 fully saturated rings. The number of rotatable bonds is 1. The van der Waals surface area contributed by atoms with Crippen molar-refractivity contribution in [3.63, 3.8) is 0 Å². The van der Waals surface area contributed by atoms with Crippen molar-refractivity contribution in [1.29, 1.82) is 0 Å². The van der Waals surface area contributed by atoms with Crippen molar-refractivity contribution >= 4 is 0 Å². The van der Waals surface area contributed by atoms with Gasteiger partial charge in [-0.2, -0.15) is 0 Å². The smallest absolute Gasteiger partial charge is 0.162 e. The van der Waals surface area contributed by atoms with Crippen molar-refractivity contribution in [3.8, 4) is 5.69 Å². The van der Waals surface area contributed by atoms with E-state index < -0.39 is 0 Å². The molecule has 1 radical (unpaired) electrons. The zero-order valence-corrected chi connectivity index (χ0v) is 5.98. The van der Waals surface area contributed by atoms with E-state index >= 15 is 0 Å². The number of benzene rings is 1. The molecule has 12 heavy (non-hydrogen) atoms. The van der Waals surface area contributed by atoms with Crippen LogP contribution in [0.15, 0.2) is 24.5 Å². The summed E-state index contributed by atoms with van der Waals surface area (Å²) < 4.78 is 12.4. The summed E-state index contributed by atoms with van der Waals surface area (Å²) in [6.45, 7) is 0. The Morgan fingerprint density at radius 2 is 2.33 bits per heavy atom. The van der Waals surface area contributed by atoms with Crippen molar-refractivity contribution < 1.29 is 4.39 Å². The molecule has 0 bridgehead atoms. The van der Waals surface area contributed by atoms with E-state index in [4.69, 9.17) is 0 Å². The first-order chi connectivity index (χ1) is 5.86. The lowest BCUT2D eigenvalue weighted by molar-refractivity contribution is 0.625. The Kier molecular flexibility index (Phi) is 1.55. The predicted molar refractivity (Wildman–Crippen MR) is 37.9 cm³/mol. The fourth-order valence-corrected chi connectivity index (χ4v) is 0.800. The average Bonchev–Trinajstić information content (AvgIpc) is 2.58. The van der Waals surface area contributed by atoms with Crippen molar-refractivity contribution in [2.24, 2.45) is 0 Å². The molecule has 0 atom stereocenters.